The quantitative estimate of drug-likeness (QED) is 0.0268. The lowest BCUT2D eigenvalue weighted by Gasteiger charge is -2.29. The zero-order valence-electron chi connectivity index (χ0n) is 34.0. The van der Waals surface area contributed by atoms with Crippen LogP contribution in [0.4, 0.5) is 5.95 Å². The van der Waals surface area contributed by atoms with E-state index in [0.717, 1.165) is 4.90 Å². The average Bonchev–Trinajstić information content (AvgIpc) is 3.23. The van der Waals surface area contributed by atoms with Gasteiger partial charge in [-0.2, -0.15) is 0 Å². The predicted molar refractivity (Wildman–Crippen MR) is 228 cm³/mol. The number of methoxy groups -OCH3 is 1. The molecular formula is C35H48N20O9. The summed E-state index contributed by atoms with van der Waals surface area (Å²) in [5, 5.41) is 32.9. The highest BCUT2D eigenvalue weighted by atomic mass is 16.5. The Kier molecular flexibility index (Phi) is 17.8. The number of rotatable bonds is 21. The van der Waals surface area contributed by atoms with Gasteiger partial charge in [0.25, 0.3) is 29.5 Å². The van der Waals surface area contributed by atoms with Crippen LogP contribution in [0.2, 0.25) is 0 Å². The minimum Gasteiger partial charge on any atom is -0.508 e. The second-order valence-electron chi connectivity index (χ2n) is 12.9. The molecule has 0 radical (unpaired) electrons. The molecule has 1 aromatic heterocycles. The highest BCUT2D eigenvalue weighted by molar-refractivity contribution is 5.99. The minimum absolute atomic E-state index is 0.119. The Bertz CT molecular complexity index is 2260. The van der Waals surface area contributed by atoms with E-state index in [2.05, 4.69) is 51.2 Å². The molecule has 0 bridgehead atoms. The monoisotopic (exact) mass is 892 g/mol. The molecule has 0 saturated heterocycles. The van der Waals surface area contributed by atoms with Gasteiger partial charge in [-0.15, -0.1) is 0 Å². The number of carbonyl (C=O) groups excluding carboxylic acids is 6. The Morgan fingerprint density at radius 3 is 1.62 bits per heavy atom. The van der Waals surface area contributed by atoms with Crippen LogP contribution < -0.4 is 82.1 Å². The number of nitrogens with one attached hydrogen (secondary N) is 5. The van der Waals surface area contributed by atoms with Crippen molar-refractivity contribution in [3.05, 3.63) is 78.1 Å². The fourth-order valence-electron chi connectivity index (χ4n) is 5.16. The van der Waals surface area contributed by atoms with Crippen LogP contribution in [0.5, 0.6) is 11.5 Å². The summed E-state index contributed by atoms with van der Waals surface area (Å²) in [6.07, 6.45) is -7.44. The number of guanidine groups is 3. The maximum Gasteiger partial charge on any atom is 0.271 e. The van der Waals surface area contributed by atoms with Gasteiger partial charge in [-0.05, 0) is 36.8 Å². The number of phenols is 1. The van der Waals surface area contributed by atoms with Crippen molar-refractivity contribution in [1.82, 2.24) is 36.6 Å². The molecule has 6 amide bonds. The standard InChI is InChI=1S/C35H48N20O9/c1-15(36)46-23(27(59)48-22(21(37)57)52-32(38)39)50-29(61)25(54-34(42)43)51-28(60)24(53-33(40)41)49-26(58)20(16-7-4-3-5-8-16)47-30(62)31(63)55(35-44-11-6-12-45-35)14-17-13-18(64-2)9-10-19(17)56/h3-13,20,22-25,31,56,63H,14H2,1-2H3,(H2,36,46)(H2,37,57)(H,47,62)(H,48,59)(H,49,58)(H,50,61)(H,51,60)(H4,38,39,52)(H4,40,41,53)(H4,42,43,54). The molecular weight excluding hydrogens is 845 g/mol. The maximum absolute atomic E-state index is 14.1. The van der Waals surface area contributed by atoms with E-state index in [1.165, 1.54) is 75.0 Å². The number of ether oxygens (including phenoxy) is 1. The Labute approximate surface area is 362 Å². The van der Waals surface area contributed by atoms with Crippen molar-refractivity contribution < 1.29 is 43.7 Å². The number of aliphatic hydroxyl groups is 1. The maximum atomic E-state index is 14.1. The van der Waals surface area contributed by atoms with Gasteiger partial charge in [-0.3, -0.25) is 28.8 Å². The number of anilines is 1. The molecule has 3 aromatic rings. The number of nitrogens with two attached hydrogens (primary N) is 8. The zero-order chi connectivity index (χ0) is 47.7. The predicted octanol–water partition coefficient (Wildman–Crippen LogP) is -7.17. The van der Waals surface area contributed by atoms with E-state index in [4.69, 9.17) is 50.6 Å². The number of amidine groups is 1. The lowest BCUT2D eigenvalue weighted by atomic mass is 10.1. The van der Waals surface area contributed by atoms with Gasteiger partial charge >= 0.3 is 0 Å². The van der Waals surface area contributed by atoms with Gasteiger partial charge in [0.1, 0.15) is 17.5 Å². The zero-order valence-corrected chi connectivity index (χ0v) is 34.0. The van der Waals surface area contributed by atoms with Crippen LogP contribution in [0.15, 0.2) is 87.0 Å². The van der Waals surface area contributed by atoms with Gasteiger partial charge in [0.15, 0.2) is 17.9 Å². The highest BCUT2D eigenvalue weighted by Crippen LogP contribution is 2.26. The molecule has 64 heavy (non-hydrogen) atoms. The van der Waals surface area contributed by atoms with Crippen LogP contribution in [0, 0.1) is 0 Å². The van der Waals surface area contributed by atoms with E-state index >= 15 is 0 Å². The summed E-state index contributed by atoms with van der Waals surface area (Å²) in [4.78, 5) is 104. The van der Waals surface area contributed by atoms with Gasteiger partial charge in [0.2, 0.25) is 42.7 Å². The van der Waals surface area contributed by atoms with E-state index < -0.39 is 90.3 Å². The van der Waals surface area contributed by atoms with Crippen LogP contribution in [0.25, 0.3) is 0 Å². The number of aliphatic imine (C=N–C) groups is 4. The molecule has 0 spiro atoms. The number of amides is 6. The van der Waals surface area contributed by atoms with Crippen molar-refractivity contribution in [1.29, 1.82) is 0 Å². The highest BCUT2D eigenvalue weighted by Gasteiger charge is 2.35. The van der Waals surface area contributed by atoms with E-state index in [0.29, 0.717) is 5.75 Å². The van der Waals surface area contributed by atoms with Crippen molar-refractivity contribution in [3.63, 3.8) is 0 Å². The van der Waals surface area contributed by atoms with E-state index in [-0.39, 0.29) is 35.2 Å². The molecule has 29 heteroatoms. The lowest BCUT2D eigenvalue weighted by molar-refractivity contribution is -0.136. The molecule has 2 aromatic carbocycles. The van der Waals surface area contributed by atoms with Gasteiger partial charge in [-0.1, -0.05) is 30.3 Å². The minimum atomic E-state index is -2.13. The van der Waals surface area contributed by atoms with Crippen LogP contribution >= 0.6 is 0 Å². The number of aromatic hydroxyl groups is 1. The normalized spacial score (nSPS) is 13.6. The van der Waals surface area contributed by atoms with E-state index in [1.807, 2.05) is 5.32 Å². The first kappa shape index (κ1) is 49.3. The van der Waals surface area contributed by atoms with Crippen LogP contribution in [0.1, 0.15) is 24.1 Å². The molecule has 0 aliphatic carbocycles. The Morgan fingerprint density at radius 1 is 0.656 bits per heavy atom. The largest absolute Gasteiger partial charge is 0.508 e. The fraction of sp³-hybridized carbons (Fsp3) is 0.257. The summed E-state index contributed by atoms with van der Waals surface area (Å²) in [6.45, 7) is 0.885. The van der Waals surface area contributed by atoms with Crippen LogP contribution in [-0.2, 0) is 35.3 Å². The van der Waals surface area contributed by atoms with Crippen molar-refractivity contribution >= 4 is 65.1 Å². The number of carbonyl (C=O) groups is 6. The smallest absolute Gasteiger partial charge is 0.271 e. The molecule has 3 rings (SSSR count). The van der Waals surface area contributed by atoms with E-state index in [1.54, 1.807) is 6.07 Å². The summed E-state index contributed by atoms with van der Waals surface area (Å²) in [5.74, 6) is -9.94. The fourth-order valence-corrected chi connectivity index (χ4v) is 5.16. The molecule has 0 fully saturated rings. The average molecular weight is 893 g/mol. The van der Waals surface area contributed by atoms with Crippen LogP contribution in [-0.4, -0.2) is 117 Å². The van der Waals surface area contributed by atoms with Gasteiger partial charge in [-0.25, -0.2) is 29.9 Å². The number of hydrogen-bond acceptors (Lipinski definition) is 16. The molecule has 342 valence electrons. The first-order valence-electron chi connectivity index (χ1n) is 18.2. The first-order chi connectivity index (χ1) is 30.2. The SMILES string of the molecule is COc1ccc(O)c(CN(c2ncccn2)C(O)C(=O)NC(C(=O)NC(N=C(N)N)C(=O)NC(N=C(N)N)C(=O)NC(N=C(C)N)C(=O)NC(N=C(N)N)C(N)=O)c2ccccc2)c1. The summed E-state index contributed by atoms with van der Waals surface area (Å²) in [7, 11) is 1.40. The molecule has 6 unspecified atom stereocenters. The molecule has 1 heterocycles. The van der Waals surface area contributed by atoms with Crippen molar-refractivity contribution in [2.45, 2.75) is 50.4 Å². The summed E-state index contributed by atoms with van der Waals surface area (Å²) in [6, 6.07) is 11.6. The van der Waals surface area contributed by atoms with Gasteiger partial charge < -0.3 is 92.3 Å². The molecule has 29 nitrogen and oxygen atoms in total. The number of phenolic OH excluding ortho intramolecular Hbond substituents is 1. The molecule has 0 saturated carbocycles. The summed E-state index contributed by atoms with van der Waals surface area (Å²) >= 11 is 0. The van der Waals surface area contributed by atoms with Gasteiger partial charge in [0.05, 0.1) is 19.5 Å². The second kappa shape index (κ2) is 23.1. The lowest BCUT2D eigenvalue weighted by Crippen LogP contribution is -2.58. The molecule has 0 aliphatic rings. The van der Waals surface area contributed by atoms with Crippen molar-refractivity contribution in [2.75, 3.05) is 12.0 Å². The summed E-state index contributed by atoms with van der Waals surface area (Å²) in [5.41, 5.74) is 43.9. The Balaban J connectivity index is 1.94. The number of aliphatic hydroxyl groups excluding tert-OH is 1. The van der Waals surface area contributed by atoms with Crippen molar-refractivity contribution in [2.24, 2.45) is 65.8 Å². The molecule has 23 N–H and O–H groups in total. The number of nitrogens with zero attached hydrogens (tertiary/aromatic N) is 7. The number of benzene rings is 2. The second-order valence-corrected chi connectivity index (χ2v) is 12.9. The first-order valence-corrected chi connectivity index (χ1v) is 18.2. The third kappa shape index (κ3) is 14.9. The van der Waals surface area contributed by atoms with Crippen molar-refractivity contribution in [3.8, 4) is 11.5 Å². The van der Waals surface area contributed by atoms with Crippen LogP contribution in [0.3, 0.4) is 0 Å². The molecule has 0 aliphatic heterocycles. The third-order valence-corrected chi connectivity index (χ3v) is 7.95. The number of aromatic nitrogens is 2. The van der Waals surface area contributed by atoms with Gasteiger partial charge in [0, 0.05) is 18.0 Å². The summed E-state index contributed by atoms with van der Waals surface area (Å²) < 4.78 is 5.23. The third-order valence-electron chi connectivity index (χ3n) is 7.95. The number of primary amides is 1. The number of hydrogen-bond donors (Lipinski definition) is 15. The van der Waals surface area contributed by atoms with E-state index in [9.17, 15) is 39.0 Å². The Hall–Kier alpha value is -9.02. The molecule has 6 atom stereocenters. The topological polar surface area (TPSA) is 499 Å². The Morgan fingerprint density at radius 2 is 1.14 bits per heavy atom.